The molecule has 4 nitrogen and oxygen atoms in total. The number of aromatic nitrogens is 1. The molecule has 18 heavy (non-hydrogen) atoms. The Morgan fingerprint density at radius 2 is 2.06 bits per heavy atom. The van der Waals surface area contributed by atoms with Gasteiger partial charge in [-0.1, -0.05) is 6.07 Å². The molecule has 96 valence electrons. The third kappa shape index (κ3) is 2.15. The summed E-state index contributed by atoms with van der Waals surface area (Å²) < 4.78 is 38.3. The summed E-state index contributed by atoms with van der Waals surface area (Å²) in [5.74, 6) is 0. The molecular formula is C11H9F3N2O2. The van der Waals surface area contributed by atoms with Crippen molar-refractivity contribution in [1.82, 2.24) is 4.57 Å². The molecule has 0 radical (unpaired) electrons. The zero-order chi connectivity index (χ0) is 13.5. The molecule has 0 spiro atoms. The molecule has 0 aliphatic heterocycles. The molecule has 0 N–H and O–H groups in total. The summed E-state index contributed by atoms with van der Waals surface area (Å²) in [5.41, 5.74) is 0.382. The van der Waals surface area contributed by atoms with Gasteiger partial charge in [0.05, 0.1) is 15.8 Å². The van der Waals surface area contributed by atoms with Crippen molar-refractivity contribution in [3.63, 3.8) is 0 Å². The van der Waals surface area contributed by atoms with Gasteiger partial charge in [0.1, 0.15) is 6.54 Å². The van der Waals surface area contributed by atoms with Crippen LogP contribution in [0.25, 0.3) is 10.9 Å². The largest absolute Gasteiger partial charge is 0.406 e. The van der Waals surface area contributed by atoms with Gasteiger partial charge in [0.2, 0.25) is 0 Å². The number of benzene rings is 1. The predicted molar refractivity (Wildman–Crippen MR) is 59.4 cm³/mol. The van der Waals surface area contributed by atoms with Gasteiger partial charge >= 0.3 is 6.18 Å². The smallest absolute Gasteiger partial charge is 0.336 e. The molecule has 1 heterocycles. The molecule has 0 aliphatic rings. The summed E-state index contributed by atoms with van der Waals surface area (Å²) in [5, 5.41) is 11.0. The van der Waals surface area contributed by atoms with E-state index in [9.17, 15) is 23.3 Å². The standard InChI is InChI=1S/C11H9F3N2O2/c1-7-5-8-9(15(7)6-11(12,13)14)3-2-4-10(8)16(17)18/h2-5H,6H2,1H3. The van der Waals surface area contributed by atoms with Gasteiger partial charge in [-0.05, 0) is 19.1 Å². The number of aryl methyl sites for hydroxylation is 1. The molecule has 0 saturated carbocycles. The predicted octanol–water partition coefficient (Wildman–Crippen LogP) is 3.42. The minimum absolute atomic E-state index is 0.184. The van der Waals surface area contributed by atoms with E-state index in [0.29, 0.717) is 5.69 Å². The summed E-state index contributed by atoms with van der Waals surface area (Å²) in [6.07, 6.45) is -4.36. The van der Waals surface area contributed by atoms with Gasteiger partial charge in [-0.3, -0.25) is 10.1 Å². The highest BCUT2D eigenvalue weighted by Gasteiger charge is 2.30. The van der Waals surface area contributed by atoms with Crippen LogP contribution >= 0.6 is 0 Å². The molecule has 0 unspecified atom stereocenters. The monoisotopic (exact) mass is 258 g/mol. The Hall–Kier alpha value is -2.05. The minimum Gasteiger partial charge on any atom is -0.336 e. The van der Waals surface area contributed by atoms with Gasteiger partial charge in [-0.2, -0.15) is 13.2 Å². The maximum absolute atomic E-state index is 12.4. The molecule has 1 aromatic carbocycles. The maximum Gasteiger partial charge on any atom is 0.406 e. The molecule has 0 saturated heterocycles. The van der Waals surface area contributed by atoms with Gasteiger partial charge < -0.3 is 4.57 Å². The number of nitrogens with zero attached hydrogens (tertiary/aromatic N) is 2. The average Bonchev–Trinajstić information content (AvgIpc) is 2.53. The van der Waals surface area contributed by atoms with E-state index in [1.165, 1.54) is 31.2 Å². The fourth-order valence-corrected chi connectivity index (χ4v) is 1.95. The summed E-state index contributed by atoms with van der Waals surface area (Å²) >= 11 is 0. The number of hydrogen-bond donors (Lipinski definition) is 0. The first-order chi connectivity index (χ1) is 8.29. The van der Waals surface area contributed by atoms with Gasteiger partial charge in [0, 0.05) is 11.8 Å². The van der Waals surface area contributed by atoms with Crippen LogP contribution in [0.3, 0.4) is 0 Å². The lowest BCUT2D eigenvalue weighted by atomic mass is 10.2. The Labute approximate surface area is 99.8 Å². The molecule has 0 atom stereocenters. The van der Waals surface area contributed by atoms with Crippen LogP contribution in [0, 0.1) is 17.0 Å². The lowest BCUT2D eigenvalue weighted by molar-refractivity contribution is -0.383. The third-order valence-electron chi connectivity index (χ3n) is 2.66. The fraction of sp³-hybridized carbons (Fsp3) is 0.273. The maximum atomic E-state index is 12.4. The van der Waals surface area contributed by atoms with Crippen LogP contribution in [0.5, 0.6) is 0 Å². The van der Waals surface area contributed by atoms with Crippen molar-refractivity contribution in [1.29, 1.82) is 0 Å². The van der Waals surface area contributed by atoms with E-state index < -0.39 is 17.6 Å². The lowest BCUT2D eigenvalue weighted by Gasteiger charge is -2.11. The van der Waals surface area contributed by atoms with Gasteiger partial charge in [-0.25, -0.2) is 0 Å². The number of fused-ring (bicyclic) bond motifs is 1. The molecule has 1 aromatic heterocycles. The van der Waals surface area contributed by atoms with Crippen LogP contribution in [0.1, 0.15) is 5.69 Å². The van der Waals surface area contributed by atoms with Crippen LogP contribution < -0.4 is 0 Å². The highest BCUT2D eigenvalue weighted by molar-refractivity contribution is 5.90. The van der Waals surface area contributed by atoms with Crippen LogP contribution in [-0.4, -0.2) is 15.7 Å². The van der Waals surface area contributed by atoms with E-state index >= 15 is 0 Å². The van der Waals surface area contributed by atoms with Crippen LogP contribution in [0.4, 0.5) is 18.9 Å². The first kappa shape index (κ1) is 12.4. The number of halogens is 3. The van der Waals surface area contributed by atoms with Crippen molar-refractivity contribution in [2.24, 2.45) is 0 Å². The number of rotatable bonds is 2. The Bertz CT molecular complexity index is 617. The second-order valence-electron chi connectivity index (χ2n) is 3.95. The molecular weight excluding hydrogens is 249 g/mol. The van der Waals surface area contributed by atoms with Gasteiger partial charge in [0.25, 0.3) is 5.69 Å². The van der Waals surface area contributed by atoms with E-state index in [2.05, 4.69) is 0 Å². The topological polar surface area (TPSA) is 48.1 Å². The van der Waals surface area contributed by atoms with E-state index in [1.54, 1.807) is 0 Å². The van der Waals surface area contributed by atoms with Gasteiger partial charge in [0.15, 0.2) is 0 Å². The zero-order valence-corrected chi connectivity index (χ0v) is 9.36. The highest BCUT2D eigenvalue weighted by Crippen LogP contribution is 2.30. The van der Waals surface area contributed by atoms with Crippen molar-refractivity contribution < 1.29 is 18.1 Å². The van der Waals surface area contributed by atoms with Crippen molar-refractivity contribution in [2.45, 2.75) is 19.6 Å². The van der Waals surface area contributed by atoms with Crippen molar-refractivity contribution in [2.75, 3.05) is 0 Å². The number of nitro groups is 1. The number of nitro benzene ring substituents is 1. The highest BCUT2D eigenvalue weighted by atomic mass is 19.4. The zero-order valence-electron chi connectivity index (χ0n) is 9.36. The second kappa shape index (κ2) is 4.01. The Morgan fingerprint density at radius 1 is 1.39 bits per heavy atom. The first-order valence-electron chi connectivity index (χ1n) is 5.09. The summed E-state index contributed by atoms with van der Waals surface area (Å²) in [4.78, 5) is 10.2. The van der Waals surface area contributed by atoms with Gasteiger partial charge in [-0.15, -0.1) is 0 Å². The number of non-ortho nitro benzene ring substituents is 1. The lowest BCUT2D eigenvalue weighted by Crippen LogP contribution is -2.18. The summed E-state index contributed by atoms with van der Waals surface area (Å²) in [6.45, 7) is 0.346. The van der Waals surface area contributed by atoms with Crippen molar-refractivity contribution >= 4 is 16.6 Å². The Balaban J connectivity index is 2.66. The molecule has 0 aliphatic carbocycles. The minimum atomic E-state index is -4.36. The second-order valence-corrected chi connectivity index (χ2v) is 3.95. The third-order valence-corrected chi connectivity index (χ3v) is 2.66. The first-order valence-corrected chi connectivity index (χ1v) is 5.09. The van der Waals surface area contributed by atoms with Crippen molar-refractivity contribution in [3.05, 3.63) is 40.1 Å². The molecule has 0 fully saturated rings. The van der Waals surface area contributed by atoms with E-state index in [4.69, 9.17) is 0 Å². The number of alkyl halides is 3. The van der Waals surface area contributed by atoms with Crippen molar-refractivity contribution in [3.8, 4) is 0 Å². The molecule has 2 rings (SSSR count). The SMILES string of the molecule is Cc1cc2c([N+](=O)[O-])cccc2n1CC(F)(F)F. The average molecular weight is 258 g/mol. The van der Waals surface area contributed by atoms with Crippen LogP contribution in [0.15, 0.2) is 24.3 Å². The molecule has 7 heteroatoms. The van der Waals surface area contributed by atoms with E-state index in [1.807, 2.05) is 0 Å². The molecule has 0 bridgehead atoms. The summed E-state index contributed by atoms with van der Waals surface area (Å²) in [6, 6.07) is 5.51. The Morgan fingerprint density at radius 3 is 2.61 bits per heavy atom. The van der Waals surface area contributed by atoms with Crippen LogP contribution in [-0.2, 0) is 6.54 Å². The summed E-state index contributed by atoms with van der Waals surface area (Å²) in [7, 11) is 0. The molecule has 0 amide bonds. The van der Waals surface area contributed by atoms with Crippen LogP contribution in [0.2, 0.25) is 0 Å². The fourth-order valence-electron chi connectivity index (χ4n) is 1.95. The number of hydrogen-bond acceptors (Lipinski definition) is 2. The Kier molecular flexibility index (Phi) is 2.76. The van der Waals surface area contributed by atoms with E-state index in [0.717, 1.165) is 4.57 Å². The quantitative estimate of drug-likeness (QED) is 0.612. The van der Waals surface area contributed by atoms with E-state index in [-0.39, 0.29) is 16.6 Å². The molecule has 2 aromatic rings. The normalized spacial score (nSPS) is 12.0.